The Morgan fingerprint density at radius 2 is 1.80 bits per heavy atom. The molecule has 0 atom stereocenters. The summed E-state index contributed by atoms with van der Waals surface area (Å²) in [6.45, 7) is 6.36. The molecule has 1 fully saturated rings. The summed E-state index contributed by atoms with van der Waals surface area (Å²) in [5, 5.41) is 3.30. The van der Waals surface area contributed by atoms with E-state index < -0.39 is 0 Å². The largest absolute Gasteiger partial charge is 0.490 e. The number of likely N-dealkylation sites (tertiary alicyclic amines) is 1. The average molecular weight is 431 g/mol. The first-order valence-corrected chi connectivity index (χ1v) is 10.7. The van der Waals surface area contributed by atoms with Crippen LogP contribution in [0.3, 0.4) is 0 Å². The van der Waals surface area contributed by atoms with Crippen LogP contribution in [0.15, 0.2) is 36.4 Å². The van der Waals surface area contributed by atoms with E-state index in [4.69, 9.17) is 21.1 Å². The third-order valence-electron chi connectivity index (χ3n) is 4.82. The van der Waals surface area contributed by atoms with E-state index in [1.807, 2.05) is 13.8 Å². The monoisotopic (exact) mass is 430 g/mol. The lowest BCUT2D eigenvalue weighted by Gasteiger charge is -2.18. The highest BCUT2D eigenvalue weighted by molar-refractivity contribution is 6.31. The summed E-state index contributed by atoms with van der Waals surface area (Å²) in [6.07, 6.45) is 2.85. The van der Waals surface area contributed by atoms with Crippen molar-refractivity contribution in [3.63, 3.8) is 0 Å². The van der Waals surface area contributed by atoms with E-state index in [1.54, 1.807) is 41.3 Å². The maximum atomic E-state index is 12.9. The fourth-order valence-corrected chi connectivity index (χ4v) is 3.51. The molecule has 1 saturated heterocycles. The van der Waals surface area contributed by atoms with Gasteiger partial charge in [-0.15, -0.1) is 0 Å². The zero-order chi connectivity index (χ0) is 21.5. The van der Waals surface area contributed by atoms with Gasteiger partial charge in [-0.1, -0.05) is 18.5 Å². The maximum absolute atomic E-state index is 12.9. The molecule has 0 saturated carbocycles. The van der Waals surface area contributed by atoms with Crippen LogP contribution in [0, 0.1) is 0 Å². The van der Waals surface area contributed by atoms with Crippen molar-refractivity contribution in [3.8, 4) is 11.5 Å². The minimum Gasteiger partial charge on any atom is -0.490 e. The molecule has 0 aromatic heterocycles. The highest BCUT2D eigenvalue weighted by Gasteiger charge is 2.23. The van der Waals surface area contributed by atoms with Gasteiger partial charge in [0.05, 0.1) is 24.5 Å². The van der Waals surface area contributed by atoms with Crippen molar-refractivity contribution < 1.29 is 19.1 Å². The molecule has 2 amide bonds. The van der Waals surface area contributed by atoms with E-state index >= 15 is 0 Å². The summed E-state index contributed by atoms with van der Waals surface area (Å²) in [4.78, 5) is 27.6. The quantitative estimate of drug-likeness (QED) is 0.638. The number of nitrogens with zero attached hydrogens (tertiary/aromatic N) is 1. The standard InChI is InChI=1S/C23H27ClN2O4/c1-3-13-30-20-10-7-16(14-21(20)29-4-2)22(27)25-19-9-8-17(24)15-18(19)23(28)26-11-5-6-12-26/h7-10,14-15H,3-6,11-13H2,1-2H3,(H,25,27). The molecule has 0 bridgehead atoms. The third-order valence-corrected chi connectivity index (χ3v) is 5.06. The first-order valence-electron chi connectivity index (χ1n) is 10.3. The molecule has 30 heavy (non-hydrogen) atoms. The average Bonchev–Trinajstić information content (AvgIpc) is 3.28. The molecule has 1 aliphatic rings. The second-order valence-electron chi connectivity index (χ2n) is 7.09. The summed E-state index contributed by atoms with van der Waals surface area (Å²) in [5.74, 6) is 0.661. The first kappa shape index (κ1) is 22.0. The van der Waals surface area contributed by atoms with Gasteiger partial charge in [0, 0.05) is 23.7 Å². The number of amides is 2. The molecule has 0 radical (unpaired) electrons. The number of rotatable bonds is 8. The molecule has 2 aromatic carbocycles. The van der Waals surface area contributed by atoms with Crippen LogP contribution in [0.2, 0.25) is 5.02 Å². The summed E-state index contributed by atoms with van der Waals surface area (Å²) < 4.78 is 11.3. The van der Waals surface area contributed by atoms with Crippen molar-refractivity contribution in [1.29, 1.82) is 0 Å². The zero-order valence-electron chi connectivity index (χ0n) is 17.4. The summed E-state index contributed by atoms with van der Waals surface area (Å²) in [6, 6.07) is 9.98. The summed E-state index contributed by atoms with van der Waals surface area (Å²) in [5.41, 5.74) is 1.24. The number of carbonyl (C=O) groups excluding carboxylic acids is 2. The SMILES string of the molecule is CCCOc1ccc(C(=O)Nc2ccc(Cl)cc2C(=O)N2CCCC2)cc1OCC. The van der Waals surface area contributed by atoms with Crippen molar-refractivity contribution in [2.24, 2.45) is 0 Å². The predicted molar refractivity (Wildman–Crippen MR) is 118 cm³/mol. The van der Waals surface area contributed by atoms with Crippen LogP contribution >= 0.6 is 11.6 Å². The van der Waals surface area contributed by atoms with Crippen molar-refractivity contribution >= 4 is 29.1 Å². The van der Waals surface area contributed by atoms with Gasteiger partial charge in [-0.05, 0) is 62.6 Å². The predicted octanol–water partition coefficient (Wildman–Crippen LogP) is 5.02. The van der Waals surface area contributed by atoms with E-state index in [0.29, 0.717) is 46.5 Å². The van der Waals surface area contributed by atoms with Gasteiger partial charge in [0.2, 0.25) is 0 Å². The maximum Gasteiger partial charge on any atom is 0.256 e. The van der Waals surface area contributed by atoms with Gasteiger partial charge in [0.25, 0.3) is 11.8 Å². The molecule has 160 valence electrons. The van der Waals surface area contributed by atoms with E-state index in [-0.39, 0.29) is 11.8 Å². The van der Waals surface area contributed by atoms with Gasteiger partial charge in [-0.2, -0.15) is 0 Å². The number of hydrogen-bond donors (Lipinski definition) is 1. The summed E-state index contributed by atoms with van der Waals surface area (Å²) >= 11 is 6.12. The minimum absolute atomic E-state index is 0.122. The molecule has 7 heteroatoms. The smallest absolute Gasteiger partial charge is 0.256 e. The Bertz CT molecular complexity index is 910. The Morgan fingerprint density at radius 1 is 1.03 bits per heavy atom. The third kappa shape index (κ3) is 5.25. The van der Waals surface area contributed by atoms with Crippen LogP contribution in [0.1, 0.15) is 53.8 Å². The van der Waals surface area contributed by atoms with Crippen LogP contribution in [0.5, 0.6) is 11.5 Å². The normalized spacial score (nSPS) is 13.2. The van der Waals surface area contributed by atoms with Crippen LogP contribution in [0.25, 0.3) is 0 Å². The fourth-order valence-electron chi connectivity index (χ4n) is 3.34. The van der Waals surface area contributed by atoms with Gasteiger partial charge in [0.1, 0.15) is 0 Å². The lowest BCUT2D eigenvalue weighted by molar-refractivity contribution is 0.0794. The molecule has 0 unspecified atom stereocenters. The van der Waals surface area contributed by atoms with Gasteiger partial charge in [-0.3, -0.25) is 9.59 Å². The van der Waals surface area contributed by atoms with Gasteiger partial charge in [-0.25, -0.2) is 0 Å². The van der Waals surface area contributed by atoms with E-state index in [0.717, 1.165) is 32.4 Å². The highest BCUT2D eigenvalue weighted by Crippen LogP contribution is 2.30. The minimum atomic E-state index is -0.337. The van der Waals surface area contributed by atoms with Crippen molar-refractivity contribution in [2.45, 2.75) is 33.1 Å². The Labute approximate surface area is 182 Å². The number of carbonyl (C=O) groups is 2. The Hall–Kier alpha value is -2.73. The lowest BCUT2D eigenvalue weighted by Crippen LogP contribution is -2.28. The number of nitrogens with one attached hydrogen (secondary N) is 1. The number of benzene rings is 2. The number of ether oxygens (including phenoxy) is 2. The molecule has 1 N–H and O–H groups in total. The van der Waals surface area contributed by atoms with Crippen molar-refractivity contribution in [1.82, 2.24) is 4.90 Å². The highest BCUT2D eigenvalue weighted by atomic mass is 35.5. The molecule has 1 aliphatic heterocycles. The van der Waals surface area contributed by atoms with Crippen LogP contribution < -0.4 is 14.8 Å². The van der Waals surface area contributed by atoms with Crippen LogP contribution in [0.4, 0.5) is 5.69 Å². The molecule has 1 heterocycles. The molecule has 0 aliphatic carbocycles. The van der Waals surface area contributed by atoms with Gasteiger partial charge < -0.3 is 19.7 Å². The number of hydrogen-bond acceptors (Lipinski definition) is 4. The van der Waals surface area contributed by atoms with Crippen LogP contribution in [-0.4, -0.2) is 43.0 Å². The Morgan fingerprint density at radius 3 is 2.50 bits per heavy atom. The number of halogens is 1. The Kier molecular flexibility index (Phi) is 7.57. The molecular weight excluding hydrogens is 404 g/mol. The zero-order valence-corrected chi connectivity index (χ0v) is 18.1. The molecular formula is C23H27ClN2O4. The Balaban J connectivity index is 1.83. The fraction of sp³-hybridized carbons (Fsp3) is 0.391. The van der Waals surface area contributed by atoms with Crippen LogP contribution in [-0.2, 0) is 0 Å². The molecule has 0 spiro atoms. The molecule has 2 aromatic rings. The topological polar surface area (TPSA) is 67.9 Å². The molecule has 6 nitrogen and oxygen atoms in total. The van der Waals surface area contributed by atoms with E-state index in [9.17, 15) is 9.59 Å². The first-order chi connectivity index (χ1) is 14.5. The summed E-state index contributed by atoms with van der Waals surface area (Å²) in [7, 11) is 0. The van der Waals surface area contributed by atoms with Gasteiger partial charge >= 0.3 is 0 Å². The second kappa shape index (κ2) is 10.3. The number of anilines is 1. The van der Waals surface area contributed by atoms with Crippen molar-refractivity contribution in [3.05, 3.63) is 52.5 Å². The van der Waals surface area contributed by atoms with E-state index in [2.05, 4.69) is 5.32 Å². The second-order valence-corrected chi connectivity index (χ2v) is 7.52. The van der Waals surface area contributed by atoms with Gasteiger partial charge in [0.15, 0.2) is 11.5 Å². The molecule has 3 rings (SSSR count). The van der Waals surface area contributed by atoms with Crippen molar-refractivity contribution in [2.75, 3.05) is 31.6 Å². The lowest BCUT2D eigenvalue weighted by atomic mass is 10.1. The van der Waals surface area contributed by atoms with E-state index in [1.165, 1.54) is 0 Å².